The van der Waals surface area contributed by atoms with E-state index in [2.05, 4.69) is 37.2 Å². The Bertz CT molecular complexity index is 1540. The lowest BCUT2D eigenvalue weighted by molar-refractivity contribution is -0.141. The first-order valence-corrected chi connectivity index (χ1v) is 17.8. The third kappa shape index (κ3) is 15.8. The van der Waals surface area contributed by atoms with Gasteiger partial charge in [0.05, 0.1) is 13.1 Å². The van der Waals surface area contributed by atoms with E-state index in [1.807, 2.05) is 0 Å². The smallest absolute Gasteiger partial charge is 0.326 e. The van der Waals surface area contributed by atoms with Gasteiger partial charge in [0, 0.05) is 18.6 Å². The summed E-state index contributed by atoms with van der Waals surface area (Å²) in [5.74, 6) is -7.56. The monoisotopic (exact) mass is 756 g/mol. The maximum absolute atomic E-state index is 13.4. The molecule has 0 radical (unpaired) electrons. The molecule has 0 spiro atoms. The predicted octanol–water partition coefficient (Wildman–Crippen LogP) is -1.71. The molecule has 10 N–H and O–H groups in total. The molecule has 0 aliphatic heterocycles. The van der Waals surface area contributed by atoms with Crippen molar-refractivity contribution < 1.29 is 48.3 Å². The predicted molar refractivity (Wildman–Crippen MR) is 195 cm³/mol. The topological polar surface area (TPSA) is 284 Å². The zero-order valence-electron chi connectivity index (χ0n) is 30.9. The number of amides is 8. The van der Waals surface area contributed by atoms with Crippen molar-refractivity contribution in [3.8, 4) is 0 Å². The van der Waals surface area contributed by atoms with Gasteiger partial charge in [-0.05, 0) is 44.1 Å². The van der Waals surface area contributed by atoms with Gasteiger partial charge in [0.15, 0.2) is 0 Å². The molecule has 54 heavy (non-hydrogen) atoms. The summed E-state index contributed by atoms with van der Waals surface area (Å²) in [5.41, 5.74) is 6.07. The summed E-state index contributed by atoms with van der Waals surface area (Å²) < 4.78 is 0. The van der Waals surface area contributed by atoms with E-state index < -0.39 is 96.5 Å². The molecular formula is C36H52N8O10. The molecule has 5 atom stereocenters. The van der Waals surface area contributed by atoms with Crippen molar-refractivity contribution in [1.29, 1.82) is 0 Å². The van der Waals surface area contributed by atoms with Crippen LogP contribution in [0.25, 0.3) is 0 Å². The van der Waals surface area contributed by atoms with Gasteiger partial charge in [0.1, 0.15) is 30.2 Å². The molecule has 1 fully saturated rings. The molecule has 296 valence electrons. The quantitative estimate of drug-likeness (QED) is 0.0679. The number of rotatable bonds is 20. The van der Waals surface area contributed by atoms with Gasteiger partial charge in [-0.25, -0.2) is 4.79 Å². The van der Waals surface area contributed by atoms with Crippen LogP contribution in [-0.2, 0) is 49.6 Å². The maximum Gasteiger partial charge on any atom is 0.326 e. The number of carboxylic acid groups (broad SMARTS) is 1. The van der Waals surface area contributed by atoms with Gasteiger partial charge >= 0.3 is 5.97 Å². The van der Waals surface area contributed by atoms with Crippen molar-refractivity contribution >= 4 is 53.2 Å². The van der Waals surface area contributed by atoms with E-state index in [4.69, 9.17) is 5.73 Å². The molecule has 1 saturated carbocycles. The first-order valence-electron chi connectivity index (χ1n) is 17.8. The average molecular weight is 757 g/mol. The Labute approximate surface area is 313 Å². The standard InChI is InChI=1S/C36H52N8O10/c1-20(2)30(32(37)49)43-34(51)22(4)41-35(52)31(24-13-9-6-10-14-24)44-33(50)21(3)40-27(46)16-15-26(45)38-18-28(47)39-19-29(48)42-25(36(53)54)17-23-11-7-5-8-12-23/h5,7-8,11-12,15-16,20-22,24-25,30-31H,6,9-10,13-14,17-19H2,1-4H3,(H2,37,49)(H,38,45)(H,39,47)(H,40,46)(H,41,52)(H,42,48)(H,43,51)(H,44,50)(H,53,54)/b16-15+/t21-,22-,25-,30-,31-/m0/s1. The van der Waals surface area contributed by atoms with E-state index in [1.165, 1.54) is 13.8 Å². The summed E-state index contributed by atoms with van der Waals surface area (Å²) in [7, 11) is 0. The number of nitrogens with one attached hydrogen (secondary N) is 7. The summed E-state index contributed by atoms with van der Waals surface area (Å²) in [4.78, 5) is 111. The van der Waals surface area contributed by atoms with Crippen LogP contribution in [0.5, 0.6) is 0 Å². The van der Waals surface area contributed by atoms with Crippen LogP contribution in [0.4, 0.5) is 0 Å². The van der Waals surface area contributed by atoms with Crippen molar-refractivity contribution in [2.24, 2.45) is 17.6 Å². The number of nitrogens with two attached hydrogens (primary N) is 1. The summed E-state index contributed by atoms with van der Waals surface area (Å²) in [5, 5.41) is 26.4. The van der Waals surface area contributed by atoms with Crippen molar-refractivity contribution in [2.75, 3.05) is 13.1 Å². The van der Waals surface area contributed by atoms with E-state index in [-0.39, 0.29) is 18.3 Å². The summed E-state index contributed by atoms with van der Waals surface area (Å²) in [6.45, 7) is 5.14. The number of benzene rings is 1. The van der Waals surface area contributed by atoms with Gasteiger partial charge in [-0.1, -0.05) is 63.4 Å². The first kappa shape index (κ1) is 44.4. The Morgan fingerprint density at radius 2 is 1.28 bits per heavy atom. The Morgan fingerprint density at radius 1 is 0.704 bits per heavy atom. The molecule has 18 heteroatoms. The second kappa shape index (κ2) is 22.3. The van der Waals surface area contributed by atoms with E-state index in [9.17, 15) is 48.3 Å². The first-order chi connectivity index (χ1) is 25.5. The van der Waals surface area contributed by atoms with Crippen LogP contribution in [0.15, 0.2) is 42.5 Å². The Balaban J connectivity index is 1.84. The molecule has 2 rings (SSSR count). The molecule has 0 heterocycles. The zero-order valence-corrected chi connectivity index (χ0v) is 30.9. The maximum atomic E-state index is 13.4. The second-order valence-electron chi connectivity index (χ2n) is 13.5. The zero-order chi connectivity index (χ0) is 40.4. The lowest BCUT2D eigenvalue weighted by atomic mass is 9.83. The number of primary amides is 1. The van der Waals surface area contributed by atoms with E-state index in [0.29, 0.717) is 18.4 Å². The lowest BCUT2D eigenvalue weighted by Crippen LogP contribution is -2.59. The van der Waals surface area contributed by atoms with E-state index >= 15 is 0 Å². The van der Waals surface area contributed by atoms with Gasteiger partial charge in [-0.2, -0.15) is 0 Å². The van der Waals surface area contributed by atoms with Crippen LogP contribution in [-0.4, -0.2) is 102 Å². The molecule has 1 aromatic carbocycles. The fourth-order valence-corrected chi connectivity index (χ4v) is 5.60. The van der Waals surface area contributed by atoms with Gasteiger partial charge in [0.2, 0.25) is 47.3 Å². The largest absolute Gasteiger partial charge is 0.480 e. The Kier molecular flexibility index (Phi) is 18.3. The molecular weight excluding hydrogens is 704 g/mol. The van der Waals surface area contributed by atoms with Gasteiger partial charge in [-0.3, -0.25) is 38.4 Å². The number of hydrogen-bond acceptors (Lipinski definition) is 9. The van der Waals surface area contributed by atoms with E-state index in [0.717, 1.165) is 31.4 Å². The summed E-state index contributed by atoms with van der Waals surface area (Å²) in [6, 6.07) is 3.29. The average Bonchev–Trinajstić information content (AvgIpc) is 3.13. The highest BCUT2D eigenvalue weighted by Crippen LogP contribution is 2.27. The Morgan fingerprint density at radius 3 is 1.87 bits per heavy atom. The van der Waals surface area contributed by atoms with Gasteiger partial charge in [-0.15, -0.1) is 0 Å². The minimum Gasteiger partial charge on any atom is -0.480 e. The van der Waals surface area contributed by atoms with Crippen molar-refractivity contribution in [3.05, 3.63) is 48.0 Å². The van der Waals surface area contributed by atoms with Crippen LogP contribution >= 0.6 is 0 Å². The van der Waals surface area contributed by atoms with Crippen LogP contribution in [0.1, 0.15) is 65.4 Å². The summed E-state index contributed by atoms with van der Waals surface area (Å²) >= 11 is 0. The molecule has 1 aliphatic rings. The van der Waals surface area contributed by atoms with Crippen molar-refractivity contribution in [1.82, 2.24) is 37.2 Å². The molecule has 0 unspecified atom stereocenters. The highest BCUT2D eigenvalue weighted by atomic mass is 16.4. The highest BCUT2D eigenvalue weighted by molar-refractivity contribution is 6.00. The molecule has 18 nitrogen and oxygen atoms in total. The minimum absolute atomic E-state index is 0.0366. The normalized spacial score (nSPS) is 15.7. The molecule has 0 bridgehead atoms. The SMILES string of the molecule is CC(C)[C@H](NC(=O)[C@H](C)NC(=O)[C@@H](NC(=O)[C@H](C)NC(=O)/C=C/C(=O)NCC(=O)NCC(=O)N[C@@H](Cc1ccccc1)C(=O)O)C1CCCCC1)C(N)=O. The Hall–Kier alpha value is -5.81. The summed E-state index contributed by atoms with van der Waals surface area (Å²) in [6.07, 6.45) is 5.66. The van der Waals surface area contributed by atoms with Crippen molar-refractivity contribution in [3.63, 3.8) is 0 Å². The molecule has 1 aliphatic carbocycles. The number of carboxylic acids is 1. The second-order valence-corrected chi connectivity index (χ2v) is 13.5. The minimum atomic E-state index is -1.25. The van der Waals surface area contributed by atoms with Gasteiger partial charge < -0.3 is 48.1 Å². The van der Waals surface area contributed by atoms with Crippen LogP contribution in [0.2, 0.25) is 0 Å². The lowest BCUT2D eigenvalue weighted by Gasteiger charge is -2.31. The van der Waals surface area contributed by atoms with Crippen molar-refractivity contribution in [2.45, 2.75) is 96.4 Å². The highest BCUT2D eigenvalue weighted by Gasteiger charge is 2.34. The van der Waals surface area contributed by atoms with Crippen LogP contribution < -0.4 is 43.0 Å². The van der Waals surface area contributed by atoms with Crippen LogP contribution in [0.3, 0.4) is 0 Å². The third-order valence-corrected chi connectivity index (χ3v) is 8.65. The van der Waals surface area contributed by atoms with Gasteiger partial charge in [0.25, 0.3) is 0 Å². The van der Waals surface area contributed by atoms with Crippen LogP contribution in [0, 0.1) is 11.8 Å². The molecule has 1 aromatic rings. The molecule has 0 saturated heterocycles. The molecule has 0 aromatic heterocycles. The fourth-order valence-electron chi connectivity index (χ4n) is 5.60. The number of hydrogen-bond donors (Lipinski definition) is 9. The fraction of sp³-hybridized carbons (Fsp3) is 0.528. The number of carbonyl (C=O) groups is 9. The van der Waals surface area contributed by atoms with E-state index in [1.54, 1.807) is 44.2 Å². The molecule has 8 amide bonds. The number of carbonyl (C=O) groups excluding carboxylic acids is 8. The number of aliphatic carboxylic acids is 1. The third-order valence-electron chi connectivity index (χ3n) is 8.65.